The molecule has 0 saturated heterocycles. The van der Waals surface area contributed by atoms with E-state index in [1.807, 2.05) is 0 Å². The number of nitrogens with one attached hydrogen (secondary N) is 1. The van der Waals surface area contributed by atoms with Gasteiger partial charge >= 0.3 is 6.36 Å². The molecule has 0 aliphatic carbocycles. The average molecular weight is 335 g/mol. The van der Waals surface area contributed by atoms with E-state index in [0.29, 0.717) is 12.2 Å². The molecule has 0 fully saturated rings. The molecule has 1 heterocycles. The second-order valence-corrected chi connectivity index (χ2v) is 6.01. The van der Waals surface area contributed by atoms with Crippen LogP contribution in [0, 0.1) is 0 Å². The number of ether oxygens (including phenoxy) is 1. The smallest absolute Gasteiger partial charge is 0.469 e. The number of alkyl halides is 3. The second kappa shape index (κ2) is 6.41. The summed E-state index contributed by atoms with van der Waals surface area (Å²) in [5, 5.41) is 0. The summed E-state index contributed by atoms with van der Waals surface area (Å²) in [5.41, 5.74) is 0. The van der Waals surface area contributed by atoms with Crippen LogP contribution in [0.1, 0.15) is 5.76 Å². The molecule has 9 heteroatoms. The number of rotatable bonds is 6. The van der Waals surface area contributed by atoms with Gasteiger partial charge in [-0.2, -0.15) is 0 Å². The zero-order valence-corrected chi connectivity index (χ0v) is 11.9. The Hall–Kier alpha value is -2.00. The van der Waals surface area contributed by atoms with Gasteiger partial charge in [0.2, 0.25) is 10.0 Å². The first-order chi connectivity index (χ1) is 10.3. The van der Waals surface area contributed by atoms with Crippen molar-refractivity contribution in [1.82, 2.24) is 4.72 Å². The Kier molecular flexibility index (Phi) is 4.77. The third-order valence-electron chi connectivity index (χ3n) is 2.61. The molecule has 0 radical (unpaired) electrons. The Bertz CT molecular complexity index is 694. The SMILES string of the molecule is O=S(=O)(NCCc1ccco1)c1ccc(OC(F)(F)F)cc1. The molecule has 5 nitrogen and oxygen atoms in total. The van der Waals surface area contributed by atoms with E-state index < -0.39 is 22.1 Å². The summed E-state index contributed by atoms with van der Waals surface area (Å²) in [6.45, 7) is 0.108. The van der Waals surface area contributed by atoms with Crippen LogP contribution in [0.15, 0.2) is 52.0 Å². The topological polar surface area (TPSA) is 68.5 Å². The number of halogens is 3. The van der Waals surface area contributed by atoms with Gasteiger partial charge in [0, 0.05) is 13.0 Å². The van der Waals surface area contributed by atoms with E-state index in [2.05, 4.69) is 9.46 Å². The van der Waals surface area contributed by atoms with Crippen molar-refractivity contribution >= 4 is 10.0 Å². The molecule has 0 atom stereocenters. The van der Waals surface area contributed by atoms with Gasteiger partial charge < -0.3 is 9.15 Å². The highest BCUT2D eigenvalue weighted by Crippen LogP contribution is 2.23. The zero-order valence-electron chi connectivity index (χ0n) is 11.1. The summed E-state index contributed by atoms with van der Waals surface area (Å²) in [7, 11) is -3.80. The predicted octanol–water partition coefficient (Wildman–Crippen LogP) is 2.70. The molecule has 0 saturated carbocycles. The van der Waals surface area contributed by atoms with Crippen molar-refractivity contribution in [3.05, 3.63) is 48.4 Å². The summed E-state index contributed by atoms with van der Waals surface area (Å²) in [5.74, 6) is 0.138. The van der Waals surface area contributed by atoms with Gasteiger partial charge in [-0.1, -0.05) is 0 Å². The number of benzene rings is 1. The Morgan fingerprint density at radius 3 is 2.36 bits per heavy atom. The molecule has 0 spiro atoms. The van der Waals surface area contributed by atoms with Gasteiger partial charge in [-0.3, -0.25) is 0 Å². The minimum atomic E-state index is -4.82. The summed E-state index contributed by atoms with van der Waals surface area (Å²) < 4.78 is 71.0. The Labute approximate surface area is 124 Å². The summed E-state index contributed by atoms with van der Waals surface area (Å²) in [6.07, 6.45) is -2.98. The van der Waals surface area contributed by atoms with Crippen molar-refractivity contribution in [2.75, 3.05) is 6.54 Å². The summed E-state index contributed by atoms with van der Waals surface area (Å²) in [4.78, 5) is -0.151. The van der Waals surface area contributed by atoms with Gasteiger partial charge in [0.15, 0.2) is 0 Å². The molecule has 0 aliphatic heterocycles. The molecule has 1 aromatic carbocycles. The van der Waals surface area contributed by atoms with Crippen LogP contribution in [0.25, 0.3) is 0 Å². The maximum atomic E-state index is 12.0. The molecule has 2 aromatic rings. The molecule has 2 rings (SSSR count). The Balaban J connectivity index is 1.97. The quantitative estimate of drug-likeness (QED) is 0.881. The Morgan fingerprint density at radius 1 is 1.14 bits per heavy atom. The molecule has 0 aliphatic rings. The number of hydrogen-bond acceptors (Lipinski definition) is 4. The van der Waals surface area contributed by atoms with Crippen molar-refractivity contribution in [1.29, 1.82) is 0 Å². The number of furan rings is 1. The second-order valence-electron chi connectivity index (χ2n) is 4.25. The van der Waals surface area contributed by atoms with Gasteiger partial charge in [-0.15, -0.1) is 13.2 Å². The minimum absolute atomic E-state index is 0.108. The monoisotopic (exact) mass is 335 g/mol. The van der Waals surface area contributed by atoms with Gasteiger partial charge in [-0.05, 0) is 36.4 Å². The van der Waals surface area contributed by atoms with Crippen molar-refractivity contribution < 1.29 is 30.7 Å². The van der Waals surface area contributed by atoms with Gasteiger partial charge in [-0.25, -0.2) is 13.1 Å². The highest BCUT2D eigenvalue weighted by atomic mass is 32.2. The van der Waals surface area contributed by atoms with Crippen LogP contribution in [0.3, 0.4) is 0 Å². The fourth-order valence-corrected chi connectivity index (χ4v) is 2.70. The molecule has 120 valence electrons. The molecule has 1 aromatic heterocycles. The predicted molar refractivity (Wildman–Crippen MR) is 70.7 cm³/mol. The fraction of sp³-hybridized carbons (Fsp3) is 0.231. The number of hydrogen-bond donors (Lipinski definition) is 1. The highest BCUT2D eigenvalue weighted by molar-refractivity contribution is 7.89. The van der Waals surface area contributed by atoms with Gasteiger partial charge in [0.05, 0.1) is 11.2 Å². The van der Waals surface area contributed by atoms with Crippen LogP contribution in [-0.2, 0) is 16.4 Å². The van der Waals surface area contributed by atoms with Crippen LogP contribution in [0.2, 0.25) is 0 Å². The molecule has 0 bridgehead atoms. The largest absolute Gasteiger partial charge is 0.573 e. The molecular formula is C13H12F3NO4S. The fourth-order valence-electron chi connectivity index (χ4n) is 1.67. The third-order valence-corrected chi connectivity index (χ3v) is 4.09. The minimum Gasteiger partial charge on any atom is -0.469 e. The van der Waals surface area contributed by atoms with Gasteiger partial charge in [0.1, 0.15) is 11.5 Å². The van der Waals surface area contributed by atoms with E-state index in [1.165, 1.54) is 6.26 Å². The lowest BCUT2D eigenvalue weighted by molar-refractivity contribution is -0.274. The third kappa shape index (κ3) is 4.78. The molecule has 0 unspecified atom stereocenters. The van der Waals surface area contributed by atoms with E-state index in [4.69, 9.17) is 4.42 Å². The van der Waals surface area contributed by atoms with Crippen LogP contribution in [-0.4, -0.2) is 21.3 Å². The maximum Gasteiger partial charge on any atom is 0.573 e. The van der Waals surface area contributed by atoms with E-state index in [0.717, 1.165) is 24.3 Å². The van der Waals surface area contributed by atoms with Crippen molar-refractivity contribution in [3.63, 3.8) is 0 Å². The lowest BCUT2D eigenvalue weighted by Crippen LogP contribution is -2.26. The van der Waals surface area contributed by atoms with Crippen LogP contribution in [0.5, 0.6) is 5.75 Å². The standard InChI is InChI=1S/C13H12F3NO4S/c14-13(15,16)21-11-3-5-12(6-4-11)22(18,19)17-8-7-10-2-1-9-20-10/h1-6,9,17H,7-8H2. The van der Waals surface area contributed by atoms with Crippen molar-refractivity contribution in [3.8, 4) is 5.75 Å². The van der Waals surface area contributed by atoms with E-state index in [1.54, 1.807) is 12.1 Å². The first kappa shape index (κ1) is 16.4. The van der Waals surface area contributed by atoms with Crippen LogP contribution >= 0.6 is 0 Å². The van der Waals surface area contributed by atoms with E-state index in [-0.39, 0.29) is 11.4 Å². The average Bonchev–Trinajstić information content (AvgIpc) is 2.90. The zero-order chi connectivity index (χ0) is 16.2. The maximum absolute atomic E-state index is 12.0. The van der Waals surface area contributed by atoms with Crippen molar-refractivity contribution in [2.45, 2.75) is 17.7 Å². The summed E-state index contributed by atoms with van der Waals surface area (Å²) >= 11 is 0. The van der Waals surface area contributed by atoms with E-state index >= 15 is 0 Å². The highest BCUT2D eigenvalue weighted by Gasteiger charge is 2.31. The first-order valence-corrected chi connectivity index (χ1v) is 7.62. The van der Waals surface area contributed by atoms with Crippen molar-refractivity contribution in [2.24, 2.45) is 0 Å². The van der Waals surface area contributed by atoms with Crippen LogP contribution in [0.4, 0.5) is 13.2 Å². The number of sulfonamides is 1. The van der Waals surface area contributed by atoms with Crippen LogP contribution < -0.4 is 9.46 Å². The molecule has 0 amide bonds. The molecule has 1 N–H and O–H groups in total. The van der Waals surface area contributed by atoms with E-state index in [9.17, 15) is 21.6 Å². The normalized spacial score (nSPS) is 12.3. The summed E-state index contributed by atoms with van der Waals surface area (Å²) in [6, 6.07) is 7.34. The lowest BCUT2D eigenvalue weighted by Gasteiger charge is -2.10. The first-order valence-electron chi connectivity index (χ1n) is 6.14. The Morgan fingerprint density at radius 2 is 1.82 bits per heavy atom. The molecular weight excluding hydrogens is 323 g/mol. The lowest BCUT2D eigenvalue weighted by atomic mass is 10.3. The van der Waals surface area contributed by atoms with Gasteiger partial charge in [0.25, 0.3) is 0 Å². The molecule has 22 heavy (non-hydrogen) atoms.